The maximum atomic E-state index is 14.7. The monoisotopic (exact) mass is 510 g/mol. The third-order valence-electron chi connectivity index (χ3n) is 7.79. The van der Waals surface area contributed by atoms with Gasteiger partial charge in [-0.15, -0.1) is 0 Å². The minimum absolute atomic E-state index is 0.0162. The van der Waals surface area contributed by atoms with Crippen LogP contribution in [0.25, 0.3) is 10.8 Å². The average molecular weight is 511 g/mol. The summed E-state index contributed by atoms with van der Waals surface area (Å²) in [5.41, 5.74) is 4.49. The van der Waals surface area contributed by atoms with E-state index >= 15 is 0 Å². The molecule has 2 aliphatic rings. The Morgan fingerprint density at radius 2 is 1.56 bits per heavy atom. The first-order valence-electron chi connectivity index (χ1n) is 13.2. The normalized spacial score (nSPS) is 18.8. The summed E-state index contributed by atoms with van der Waals surface area (Å²) < 4.78 is 5.70. The van der Waals surface area contributed by atoms with Crippen molar-refractivity contribution in [2.75, 3.05) is 10.2 Å². The average Bonchev–Trinajstić information content (AvgIpc) is 3.47. The number of furan rings is 1. The number of rotatable bonds is 3. The molecule has 39 heavy (non-hydrogen) atoms. The molecule has 0 saturated heterocycles. The molecule has 0 radical (unpaired) electrons. The molecule has 5 heteroatoms. The van der Waals surface area contributed by atoms with Crippen LogP contribution in [0, 0.1) is 0 Å². The molecule has 0 bridgehead atoms. The molecule has 2 atom stereocenters. The summed E-state index contributed by atoms with van der Waals surface area (Å²) >= 11 is 0. The second-order valence-electron chi connectivity index (χ2n) is 10.1. The van der Waals surface area contributed by atoms with Crippen LogP contribution >= 0.6 is 0 Å². The van der Waals surface area contributed by atoms with E-state index in [2.05, 4.69) is 5.32 Å². The number of anilines is 2. The van der Waals surface area contributed by atoms with E-state index in [1.807, 2.05) is 114 Å². The maximum Gasteiger partial charge on any atom is 0.259 e. The number of ketones is 1. The molecule has 2 heterocycles. The Hall–Kier alpha value is -4.90. The number of benzene rings is 4. The topological polar surface area (TPSA) is 62.6 Å². The van der Waals surface area contributed by atoms with Gasteiger partial charge in [-0.1, -0.05) is 78.9 Å². The lowest BCUT2D eigenvalue weighted by atomic mass is 9.80. The smallest absolute Gasteiger partial charge is 0.259 e. The van der Waals surface area contributed by atoms with Gasteiger partial charge in [-0.05, 0) is 53.1 Å². The van der Waals surface area contributed by atoms with E-state index in [0.29, 0.717) is 24.0 Å². The number of hydrogen-bond donors (Lipinski definition) is 1. The SMILES string of the molecule is O=C1CC(c2ccco2)CC2=C1C(c1ccccc1)N(C(=O)c1cccc3ccccc13)c1ccccc1N2. The maximum absolute atomic E-state index is 14.7. The van der Waals surface area contributed by atoms with Gasteiger partial charge < -0.3 is 9.73 Å². The minimum Gasteiger partial charge on any atom is -0.469 e. The molecule has 1 N–H and O–H groups in total. The Kier molecular flexibility index (Phi) is 5.63. The largest absolute Gasteiger partial charge is 0.469 e. The van der Waals surface area contributed by atoms with Crippen molar-refractivity contribution in [3.8, 4) is 0 Å². The number of nitrogens with zero attached hydrogens (tertiary/aromatic N) is 1. The summed E-state index contributed by atoms with van der Waals surface area (Å²) in [5, 5.41) is 5.46. The number of fused-ring (bicyclic) bond motifs is 2. The summed E-state index contributed by atoms with van der Waals surface area (Å²) in [5.74, 6) is 0.601. The van der Waals surface area contributed by atoms with Crippen molar-refractivity contribution in [2.45, 2.75) is 24.8 Å². The lowest BCUT2D eigenvalue weighted by Crippen LogP contribution is -2.38. The van der Waals surface area contributed by atoms with Crippen LogP contribution in [0.5, 0.6) is 0 Å². The lowest BCUT2D eigenvalue weighted by Gasteiger charge is -2.35. The Morgan fingerprint density at radius 3 is 2.41 bits per heavy atom. The highest BCUT2D eigenvalue weighted by atomic mass is 16.3. The van der Waals surface area contributed by atoms with Crippen LogP contribution in [0.15, 0.2) is 131 Å². The van der Waals surface area contributed by atoms with Crippen LogP contribution in [0.4, 0.5) is 11.4 Å². The lowest BCUT2D eigenvalue weighted by molar-refractivity contribution is -0.116. The number of carbonyl (C=O) groups excluding carboxylic acids is 2. The van der Waals surface area contributed by atoms with Gasteiger partial charge in [0.2, 0.25) is 0 Å². The number of allylic oxidation sites excluding steroid dienone is 1. The molecule has 190 valence electrons. The van der Waals surface area contributed by atoms with Gasteiger partial charge in [-0.3, -0.25) is 14.5 Å². The Bertz CT molecular complexity index is 1730. The van der Waals surface area contributed by atoms with Crippen molar-refractivity contribution in [1.29, 1.82) is 0 Å². The number of nitrogens with one attached hydrogen (secondary N) is 1. The number of amides is 1. The number of carbonyl (C=O) groups is 2. The Morgan fingerprint density at radius 1 is 0.795 bits per heavy atom. The van der Waals surface area contributed by atoms with E-state index in [9.17, 15) is 9.59 Å². The molecule has 5 aromatic rings. The molecule has 2 unspecified atom stereocenters. The number of para-hydroxylation sites is 2. The summed E-state index contributed by atoms with van der Waals surface area (Å²) in [6, 6.07) is 34.6. The second-order valence-corrected chi connectivity index (χ2v) is 10.1. The van der Waals surface area contributed by atoms with E-state index in [1.165, 1.54) is 0 Å². The van der Waals surface area contributed by atoms with Gasteiger partial charge in [0.15, 0.2) is 5.78 Å². The second kappa shape index (κ2) is 9.44. The van der Waals surface area contributed by atoms with Crippen LogP contribution in [0.1, 0.15) is 46.5 Å². The zero-order valence-electron chi connectivity index (χ0n) is 21.2. The fraction of sp³-hybridized carbons (Fsp3) is 0.118. The first-order chi connectivity index (χ1) is 19.2. The molecule has 7 rings (SSSR count). The molecule has 1 amide bonds. The fourth-order valence-corrected chi connectivity index (χ4v) is 6.03. The molecule has 0 fully saturated rings. The summed E-state index contributed by atoms with van der Waals surface area (Å²) in [6.07, 6.45) is 2.59. The Labute approximate surface area is 226 Å². The molecule has 5 nitrogen and oxygen atoms in total. The number of hydrogen-bond acceptors (Lipinski definition) is 4. The summed E-state index contributed by atoms with van der Waals surface area (Å²) in [6.45, 7) is 0. The highest BCUT2D eigenvalue weighted by molar-refractivity contribution is 6.17. The van der Waals surface area contributed by atoms with E-state index in [-0.39, 0.29) is 17.6 Å². The third-order valence-corrected chi connectivity index (χ3v) is 7.79. The van der Waals surface area contributed by atoms with E-state index < -0.39 is 6.04 Å². The minimum atomic E-state index is -0.589. The van der Waals surface area contributed by atoms with E-state index in [1.54, 1.807) is 6.26 Å². The van der Waals surface area contributed by atoms with Gasteiger partial charge in [0.1, 0.15) is 5.76 Å². The van der Waals surface area contributed by atoms with Gasteiger partial charge in [0, 0.05) is 29.2 Å². The molecular weight excluding hydrogens is 484 g/mol. The van der Waals surface area contributed by atoms with E-state index in [0.717, 1.165) is 39.2 Å². The van der Waals surface area contributed by atoms with Gasteiger partial charge in [0.05, 0.1) is 23.7 Å². The zero-order valence-corrected chi connectivity index (χ0v) is 21.2. The molecule has 0 spiro atoms. The predicted octanol–water partition coefficient (Wildman–Crippen LogP) is 7.65. The molecule has 4 aromatic carbocycles. The van der Waals surface area contributed by atoms with Gasteiger partial charge >= 0.3 is 0 Å². The van der Waals surface area contributed by atoms with Crippen molar-refractivity contribution in [2.24, 2.45) is 0 Å². The zero-order chi connectivity index (χ0) is 26.3. The highest BCUT2D eigenvalue weighted by Crippen LogP contribution is 2.48. The first-order valence-corrected chi connectivity index (χ1v) is 13.2. The fourth-order valence-electron chi connectivity index (χ4n) is 6.03. The molecular formula is C34H26N2O3. The van der Waals surface area contributed by atoms with Crippen LogP contribution in [-0.2, 0) is 4.79 Å². The first kappa shape index (κ1) is 23.2. The quantitative estimate of drug-likeness (QED) is 0.271. The van der Waals surface area contributed by atoms with Crippen molar-refractivity contribution in [1.82, 2.24) is 0 Å². The third kappa shape index (κ3) is 3.94. The molecule has 1 aliphatic heterocycles. The predicted molar refractivity (Wildman–Crippen MR) is 153 cm³/mol. The Balaban J connectivity index is 1.46. The molecule has 0 saturated carbocycles. The van der Waals surface area contributed by atoms with Crippen molar-refractivity contribution < 1.29 is 14.0 Å². The van der Waals surface area contributed by atoms with E-state index in [4.69, 9.17) is 4.42 Å². The van der Waals surface area contributed by atoms with Gasteiger partial charge in [-0.2, -0.15) is 0 Å². The summed E-state index contributed by atoms with van der Waals surface area (Å²) in [4.78, 5) is 30.6. The van der Waals surface area contributed by atoms with Crippen molar-refractivity contribution >= 4 is 33.8 Å². The molecule has 1 aliphatic carbocycles. The van der Waals surface area contributed by atoms with Crippen LogP contribution in [0.2, 0.25) is 0 Å². The van der Waals surface area contributed by atoms with Gasteiger partial charge in [0.25, 0.3) is 5.91 Å². The van der Waals surface area contributed by atoms with Crippen LogP contribution in [0.3, 0.4) is 0 Å². The number of Topliss-reactive ketones (excluding diaryl/α,β-unsaturated/α-hetero) is 1. The van der Waals surface area contributed by atoms with Crippen LogP contribution < -0.4 is 10.2 Å². The van der Waals surface area contributed by atoms with Crippen LogP contribution in [-0.4, -0.2) is 11.7 Å². The summed E-state index contributed by atoms with van der Waals surface area (Å²) in [7, 11) is 0. The van der Waals surface area contributed by atoms with Crippen molar-refractivity contribution in [3.63, 3.8) is 0 Å². The molecule has 1 aromatic heterocycles. The highest BCUT2D eigenvalue weighted by Gasteiger charge is 2.42. The van der Waals surface area contributed by atoms with Crippen molar-refractivity contribution in [3.05, 3.63) is 144 Å². The standard InChI is InChI=1S/C34H26N2O3/c37-30-21-24(31-18-9-19-39-31)20-28-32(30)33(23-11-2-1-3-12-23)36(29-17-7-6-16-27(29)35-28)34(38)26-15-8-13-22-10-4-5-14-25(22)26/h1-19,24,33,35H,20-21H2. The van der Waals surface area contributed by atoms with Gasteiger partial charge in [-0.25, -0.2) is 0 Å².